The number of ether oxygens (including phenoxy) is 2. The molecule has 1 saturated heterocycles. The van der Waals surface area contributed by atoms with Gasteiger partial charge in [-0.2, -0.15) is 0 Å². The fourth-order valence-electron chi connectivity index (χ4n) is 3.42. The van der Waals surface area contributed by atoms with Gasteiger partial charge in [0.05, 0.1) is 18.6 Å². The van der Waals surface area contributed by atoms with Gasteiger partial charge in [-0.3, -0.25) is 4.79 Å². The number of carbonyl (C=O) groups is 1. The standard InChI is InChI=1S/C19H18FNO4/c20-14-4-2-13(3-5-14)16-9-15(22)10-21(16)19(23)8-12-1-6-17-18(7-12)25-11-24-17/h1-7,15-16,22H,8-11H2/t15-,16+/m1/s1. The summed E-state index contributed by atoms with van der Waals surface area (Å²) in [6.45, 7) is 0.475. The number of rotatable bonds is 3. The van der Waals surface area contributed by atoms with Crippen LogP contribution in [0.4, 0.5) is 4.39 Å². The Kier molecular flexibility index (Phi) is 4.05. The summed E-state index contributed by atoms with van der Waals surface area (Å²) in [6.07, 6.45) is 0.0929. The maximum atomic E-state index is 13.2. The molecule has 0 aliphatic carbocycles. The Labute approximate surface area is 144 Å². The second kappa shape index (κ2) is 6.37. The highest BCUT2D eigenvalue weighted by molar-refractivity contribution is 5.80. The Bertz CT molecular complexity index is 793. The zero-order valence-corrected chi connectivity index (χ0v) is 13.5. The van der Waals surface area contributed by atoms with Gasteiger partial charge in [0.1, 0.15) is 5.82 Å². The molecule has 2 aromatic rings. The lowest BCUT2D eigenvalue weighted by Gasteiger charge is -2.25. The first-order chi connectivity index (χ1) is 12.1. The molecule has 2 aliphatic heterocycles. The van der Waals surface area contributed by atoms with E-state index in [-0.39, 0.29) is 37.5 Å². The first kappa shape index (κ1) is 15.9. The number of carbonyl (C=O) groups excluding carboxylic acids is 1. The lowest BCUT2D eigenvalue weighted by atomic mass is 10.0. The Morgan fingerprint density at radius 2 is 1.92 bits per heavy atom. The van der Waals surface area contributed by atoms with Crippen LogP contribution in [-0.4, -0.2) is 35.4 Å². The van der Waals surface area contributed by atoms with E-state index in [2.05, 4.69) is 0 Å². The highest BCUT2D eigenvalue weighted by Gasteiger charge is 2.35. The summed E-state index contributed by atoms with van der Waals surface area (Å²) in [5.74, 6) is 0.920. The van der Waals surface area contributed by atoms with Crippen molar-refractivity contribution in [3.05, 3.63) is 59.4 Å². The zero-order chi connectivity index (χ0) is 17.4. The number of hydrogen-bond donors (Lipinski definition) is 1. The van der Waals surface area contributed by atoms with Crippen molar-refractivity contribution >= 4 is 5.91 Å². The zero-order valence-electron chi connectivity index (χ0n) is 13.5. The lowest BCUT2D eigenvalue weighted by molar-refractivity contribution is -0.131. The summed E-state index contributed by atoms with van der Waals surface area (Å²) in [7, 11) is 0. The largest absolute Gasteiger partial charge is 0.454 e. The van der Waals surface area contributed by atoms with E-state index >= 15 is 0 Å². The maximum absolute atomic E-state index is 13.2. The van der Waals surface area contributed by atoms with Gasteiger partial charge < -0.3 is 19.5 Å². The van der Waals surface area contributed by atoms with Crippen LogP contribution in [0.5, 0.6) is 11.5 Å². The molecular weight excluding hydrogens is 325 g/mol. The minimum absolute atomic E-state index is 0.0789. The van der Waals surface area contributed by atoms with Crippen LogP contribution in [0.1, 0.15) is 23.6 Å². The smallest absolute Gasteiger partial charge is 0.231 e. The van der Waals surface area contributed by atoms with E-state index < -0.39 is 6.10 Å². The molecule has 1 N–H and O–H groups in total. The highest BCUT2D eigenvalue weighted by atomic mass is 19.1. The minimum Gasteiger partial charge on any atom is -0.454 e. The van der Waals surface area contributed by atoms with E-state index in [1.807, 2.05) is 6.07 Å². The van der Waals surface area contributed by atoms with Crippen LogP contribution in [-0.2, 0) is 11.2 Å². The van der Waals surface area contributed by atoms with E-state index in [4.69, 9.17) is 9.47 Å². The molecule has 0 unspecified atom stereocenters. The van der Waals surface area contributed by atoms with Crippen molar-refractivity contribution in [2.24, 2.45) is 0 Å². The Hall–Kier alpha value is -2.60. The van der Waals surface area contributed by atoms with Crippen molar-refractivity contribution in [1.82, 2.24) is 4.90 Å². The van der Waals surface area contributed by atoms with Gasteiger partial charge in [-0.25, -0.2) is 4.39 Å². The molecule has 0 bridgehead atoms. The van der Waals surface area contributed by atoms with Crippen molar-refractivity contribution in [2.45, 2.75) is 25.0 Å². The van der Waals surface area contributed by atoms with Gasteiger partial charge in [0.2, 0.25) is 12.7 Å². The fraction of sp³-hybridized carbons (Fsp3) is 0.316. The third-order valence-electron chi connectivity index (χ3n) is 4.65. The van der Waals surface area contributed by atoms with Crippen molar-refractivity contribution in [2.75, 3.05) is 13.3 Å². The summed E-state index contributed by atoms with van der Waals surface area (Å²) in [5, 5.41) is 10.0. The van der Waals surface area contributed by atoms with Crippen molar-refractivity contribution in [3.8, 4) is 11.5 Å². The number of likely N-dealkylation sites (tertiary alicyclic amines) is 1. The number of nitrogens with zero attached hydrogens (tertiary/aromatic N) is 1. The molecule has 2 aliphatic rings. The van der Waals surface area contributed by atoms with Crippen molar-refractivity contribution in [3.63, 3.8) is 0 Å². The van der Waals surface area contributed by atoms with Crippen LogP contribution in [0, 0.1) is 5.82 Å². The van der Waals surface area contributed by atoms with Crippen LogP contribution >= 0.6 is 0 Å². The van der Waals surface area contributed by atoms with E-state index in [0.717, 1.165) is 11.1 Å². The molecule has 0 saturated carbocycles. The number of fused-ring (bicyclic) bond motifs is 1. The Morgan fingerprint density at radius 1 is 1.16 bits per heavy atom. The van der Waals surface area contributed by atoms with Gasteiger partial charge >= 0.3 is 0 Å². The van der Waals surface area contributed by atoms with Gasteiger partial charge in [0.25, 0.3) is 0 Å². The molecule has 2 heterocycles. The first-order valence-corrected chi connectivity index (χ1v) is 8.21. The number of aliphatic hydroxyl groups is 1. The number of aliphatic hydroxyl groups excluding tert-OH is 1. The average molecular weight is 343 g/mol. The van der Waals surface area contributed by atoms with Crippen molar-refractivity contribution < 1.29 is 23.8 Å². The normalized spacial score (nSPS) is 21.6. The molecular formula is C19H18FNO4. The summed E-state index contributed by atoms with van der Waals surface area (Å²) in [4.78, 5) is 14.4. The van der Waals surface area contributed by atoms with Crippen LogP contribution in [0.15, 0.2) is 42.5 Å². The summed E-state index contributed by atoms with van der Waals surface area (Å²) in [6, 6.07) is 11.3. The Balaban J connectivity index is 1.52. The Morgan fingerprint density at radius 3 is 2.72 bits per heavy atom. The molecule has 1 amide bonds. The van der Waals surface area contributed by atoms with Gasteiger partial charge in [-0.1, -0.05) is 18.2 Å². The number of halogens is 1. The second-order valence-corrected chi connectivity index (χ2v) is 6.37. The van der Waals surface area contributed by atoms with Gasteiger partial charge in [-0.05, 0) is 41.8 Å². The monoisotopic (exact) mass is 343 g/mol. The summed E-state index contributed by atoms with van der Waals surface area (Å²) >= 11 is 0. The van der Waals surface area contributed by atoms with Crippen LogP contribution in [0.3, 0.4) is 0 Å². The lowest BCUT2D eigenvalue weighted by Crippen LogP contribution is -2.33. The van der Waals surface area contributed by atoms with E-state index in [9.17, 15) is 14.3 Å². The van der Waals surface area contributed by atoms with Crippen LogP contribution in [0.25, 0.3) is 0 Å². The first-order valence-electron chi connectivity index (χ1n) is 8.21. The topological polar surface area (TPSA) is 59.0 Å². The molecule has 2 aromatic carbocycles. The summed E-state index contributed by atoms with van der Waals surface area (Å²) < 4.78 is 23.8. The molecule has 0 radical (unpaired) electrons. The van der Waals surface area contributed by atoms with Crippen molar-refractivity contribution in [1.29, 1.82) is 0 Å². The van der Waals surface area contributed by atoms with Crippen LogP contribution in [0.2, 0.25) is 0 Å². The predicted molar refractivity (Wildman–Crippen MR) is 87.7 cm³/mol. The molecule has 4 rings (SSSR count). The maximum Gasteiger partial charge on any atom is 0.231 e. The number of amides is 1. The number of benzene rings is 2. The SMILES string of the molecule is O=C(Cc1ccc2c(c1)OCO2)N1C[C@H](O)C[C@H]1c1ccc(F)cc1. The van der Waals surface area contributed by atoms with E-state index in [1.54, 1.807) is 29.2 Å². The molecule has 0 aromatic heterocycles. The van der Waals surface area contributed by atoms with Crippen LogP contribution < -0.4 is 9.47 Å². The molecule has 0 spiro atoms. The van der Waals surface area contributed by atoms with E-state index in [0.29, 0.717) is 17.9 Å². The molecule has 6 heteroatoms. The number of β-amino-alcohol motifs (C(OH)–C–C–N with tert-alkyl or cyclic N) is 1. The van der Waals surface area contributed by atoms with E-state index in [1.165, 1.54) is 12.1 Å². The average Bonchev–Trinajstić information content (AvgIpc) is 3.21. The molecule has 5 nitrogen and oxygen atoms in total. The molecule has 2 atom stereocenters. The third kappa shape index (κ3) is 3.17. The predicted octanol–water partition coefficient (Wildman–Crippen LogP) is 2.43. The highest BCUT2D eigenvalue weighted by Crippen LogP contribution is 2.35. The molecule has 1 fully saturated rings. The minimum atomic E-state index is -0.573. The molecule has 130 valence electrons. The number of hydrogen-bond acceptors (Lipinski definition) is 4. The summed E-state index contributed by atoms with van der Waals surface area (Å²) in [5.41, 5.74) is 1.66. The van der Waals surface area contributed by atoms with Gasteiger partial charge in [0, 0.05) is 6.54 Å². The molecule has 25 heavy (non-hydrogen) atoms. The second-order valence-electron chi connectivity index (χ2n) is 6.37. The van der Waals surface area contributed by atoms with Gasteiger partial charge in [0.15, 0.2) is 11.5 Å². The third-order valence-corrected chi connectivity index (χ3v) is 4.65. The van der Waals surface area contributed by atoms with Gasteiger partial charge in [-0.15, -0.1) is 0 Å². The fourth-order valence-corrected chi connectivity index (χ4v) is 3.42. The quantitative estimate of drug-likeness (QED) is 0.930.